The van der Waals surface area contributed by atoms with Crippen molar-refractivity contribution in [3.05, 3.63) is 52.9 Å². The molecule has 0 N–H and O–H groups in total. The predicted molar refractivity (Wildman–Crippen MR) is 67.8 cm³/mol. The summed E-state index contributed by atoms with van der Waals surface area (Å²) in [6.45, 7) is 2.92. The van der Waals surface area contributed by atoms with Crippen molar-refractivity contribution in [2.45, 2.75) is 19.5 Å². The molecule has 2 aromatic rings. The smallest absolute Gasteiger partial charge is 0.124 e. The molecule has 0 saturated carbocycles. The van der Waals surface area contributed by atoms with Crippen LogP contribution in [-0.4, -0.2) is 17.1 Å². The lowest BCUT2D eigenvalue weighted by atomic mass is 10.1. The van der Waals surface area contributed by atoms with E-state index in [2.05, 4.69) is 24.0 Å². The molecular weight excluding hydrogens is 236 g/mol. The second-order valence-electron chi connectivity index (χ2n) is 4.13. The van der Waals surface area contributed by atoms with Crippen LogP contribution in [0.1, 0.15) is 24.2 Å². The molecule has 0 radical (unpaired) electrons. The van der Waals surface area contributed by atoms with E-state index in [0.717, 1.165) is 17.3 Å². The van der Waals surface area contributed by atoms with Gasteiger partial charge in [0.25, 0.3) is 0 Å². The maximum Gasteiger partial charge on any atom is 0.124 e. The van der Waals surface area contributed by atoms with Crippen LogP contribution in [0.2, 0.25) is 5.02 Å². The Bertz CT molecular complexity index is 453. The van der Waals surface area contributed by atoms with Gasteiger partial charge < -0.3 is 4.52 Å². The zero-order chi connectivity index (χ0) is 12.3. The highest BCUT2D eigenvalue weighted by molar-refractivity contribution is 6.30. The molecule has 1 atom stereocenters. The van der Waals surface area contributed by atoms with Crippen LogP contribution in [0.5, 0.6) is 0 Å². The molecule has 0 saturated heterocycles. The van der Waals surface area contributed by atoms with E-state index in [9.17, 15) is 0 Å². The standard InChI is InChI=1S/C13H15ClN2O/c1-10(11-3-5-12(14)6-4-11)16(2)9-13-7-8-17-15-13/h3-8,10H,9H2,1-2H3/t10-/m1/s1. The summed E-state index contributed by atoms with van der Waals surface area (Å²) in [5, 5.41) is 4.67. The van der Waals surface area contributed by atoms with Gasteiger partial charge in [0, 0.05) is 23.7 Å². The van der Waals surface area contributed by atoms with Gasteiger partial charge in [-0.15, -0.1) is 0 Å². The SMILES string of the molecule is C[C@H](c1ccc(Cl)cc1)N(C)Cc1ccon1. The van der Waals surface area contributed by atoms with Crippen molar-refractivity contribution in [1.82, 2.24) is 10.1 Å². The molecule has 4 heteroatoms. The van der Waals surface area contributed by atoms with Gasteiger partial charge in [0.2, 0.25) is 0 Å². The van der Waals surface area contributed by atoms with Crippen molar-refractivity contribution in [3.8, 4) is 0 Å². The Kier molecular flexibility index (Phi) is 3.82. The maximum absolute atomic E-state index is 5.88. The third kappa shape index (κ3) is 3.08. The lowest BCUT2D eigenvalue weighted by Crippen LogP contribution is -2.22. The molecule has 0 aliphatic heterocycles. The zero-order valence-electron chi connectivity index (χ0n) is 9.93. The number of aromatic nitrogens is 1. The fourth-order valence-corrected chi connectivity index (χ4v) is 1.83. The van der Waals surface area contributed by atoms with Crippen LogP contribution < -0.4 is 0 Å². The molecule has 90 valence electrons. The minimum atomic E-state index is 0.309. The summed E-state index contributed by atoms with van der Waals surface area (Å²) < 4.78 is 4.82. The van der Waals surface area contributed by atoms with Gasteiger partial charge >= 0.3 is 0 Å². The molecule has 17 heavy (non-hydrogen) atoms. The van der Waals surface area contributed by atoms with Crippen LogP contribution >= 0.6 is 11.6 Å². The number of hydrogen-bond acceptors (Lipinski definition) is 3. The Balaban J connectivity index is 2.04. The largest absolute Gasteiger partial charge is 0.364 e. The van der Waals surface area contributed by atoms with Crippen LogP contribution in [0, 0.1) is 0 Å². The van der Waals surface area contributed by atoms with Gasteiger partial charge in [-0.25, -0.2) is 0 Å². The number of halogens is 1. The number of hydrogen-bond donors (Lipinski definition) is 0. The Labute approximate surface area is 106 Å². The molecule has 3 nitrogen and oxygen atoms in total. The van der Waals surface area contributed by atoms with Crippen molar-refractivity contribution in [1.29, 1.82) is 0 Å². The molecule has 0 aliphatic rings. The number of nitrogens with zero attached hydrogens (tertiary/aromatic N) is 2. The van der Waals surface area contributed by atoms with E-state index < -0.39 is 0 Å². The topological polar surface area (TPSA) is 29.3 Å². The molecule has 0 amide bonds. The van der Waals surface area contributed by atoms with Crippen LogP contribution in [0.3, 0.4) is 0 Å². The summed E-state index contributed by atoms with van der Waals surface area (Å²) in [5.41, 5.74) is 2.17. The van der Waals surface area contributed by atoms with E-state index in [4.69, 9.17) is 16.1 Å². The fourth-order valence-electron chi connectivity index (χ4n) is 1.71. The minimum Gasteiger partial charge on any atom is -0.364 e. The van der Waals surface area contributed by atoms with Crippen LogP contribution in [0.25, 0.3) is 0 Å². The van der Waals surface area contributed by atoms with Gasteiger partial charge in [0.1, 0.15) is 6.26 Å². The summed E-state index contributed by atoms with van der Waals surface area (Å²) in [7, 11) is 2.06. The van der Waals surface area contributed by atoms with Crippen molar-refractivity contribution < 1.29 is 4.52 Å². The average Bonchev–Trinajstić information content (AvgIpc) is 2.82. The summed E-state index contributed by atoms with van der Waals surface area (Å²) in [5.74, 6) is 0. The molecule has 0 spiro atoms. The van der Waals surface area contributed by atoms with E-state index >= 15 is 0 Å². The summed E-state index contributed by atoms with van der Waals surface area (Å²) in [6, 6.07) is 10.1. The van der Waals surface area contributed by atoms with E-state index in [-0.39, 0.29) is 0 Å². The molecule has 1 heterocycles. The van der Waals surface area contributed by atoms with Crippen LogP contribution in [-0.2, 0) is 6.54 Å². The van der Waals surface area contributed by atoms with E-state index in [1.807, 2.05) is 30.3 Å². The first-order valence-corrected chi connectivity index (χ1v) is 5.89. The highest BCUT2D eigenvalue weighted by atomic mass is 35.5. The van der Waals surface area contributed by atoms with Gasteiger partial charge in [0.05, 0.1) is 5.69 Å². The van der Waals surface area contributed by atoms with Crippen molar-refractivity contribution in [2.24, 2.45) is 0 Å². The summed E-state index contributed by atoms with van der Waals surface area (Å²) in [6.07, 6.45) is 1.59. The number of rotatable bonds is 4. The van der Waals surface area contributed by atoms with Gasteiger partial charge in [-0.2, -0.15) is 0 Å². The monoisotopic (exact) mass is 250 g/mol. The Morgan fingerprint density at radius 1 is 1.29 bits per heavy atom. The molecule has 1 aromatic carbocycles. The first kappa shape index (κ1) is 12.1. The zero-order valence-corrected chi connectivity index (χ0v) is 10.7. The van der Waals surface area contributed by atoms with Gasteiger partial charge in [-0.05, 0) is 31.7 Å². The average molecular weight is 251 g/mol. The van der Waals surface area contributed by atoms with E-state index in [1.54, 1.807) is 6.26 Å². The fraction of sp³-hybridized carbons (Fsp3) is 0.308. The van der Waals surface area contributed by atoms with Crippen molar-refractivity contribution >= 4 is 11.6 Å². The molecule has 0 bridgehead atoms. The Morgan fingerprint density at radius 2 is 2.00 bits per heavy atom. The first-order chi connectivity index (χ1) is 8.16. The van der Waals surface area contributed by atoms with Crippen LogP contribution in [0.4, 0.5) is 0 Å². The highest BCUT2D eigenvalue weighted by Gasteiger charge is 2.12. The molecule has 1 aromatic heterocycles. The van der Waals surface area contributed by atoms with E-state index in [1.165, 1.54) is 5.56 Å². The third-order valence-corrected chi connectivity index (χ3v) is 3.17. The molecule has 0 aliphatic carbocycles. The number of benzene rings is 1. The highest BCUT2D eigenvalue weighted by Crippen LogP contribution is 2.21. The van der Waals surface area contributed by atoms with E-state index in [0.29, 0.717) is 6.04 Å². The Hall–Kier alpha value is -1.32. The first-order valence-electron chi connectivity index (χ1n) is 5.52. The summed E-state index contributed by atoms with van der Waals surface area (Å²) >= 11 is 5.88. The maximum atomic E-state index is 5.88. The lowest BCUT2D eigenvalue weighted by Gasteiger charge is -2.24. The van der Waals surface area contributed by atoms with Crippen molar-refractivity contribution in [3.63, 3.8) is 0 Å². The predicted octanol–water partition coefficient (Wildman–Crippen LogP) is 3.52. The second-order valence-corrected chi connectivity index (χ2v) is 4.57. The van der Waals surface area contributed by atoms with Gasteiger partial charge in [-0.3, -0.25) is 4.90 Å². The molecule has 2 rings (SSSR count). The Morgan fingerprint density at radius 3 is 2.59 bits per heavy atom. The van der Waals surface area contributed by atoms with Crippen LogP contribution in [0.15, 0.2) is 41.1 Å². The molecular formula is C13H15ClN2O. The lowest BCUT2D eigenvalue weighted by molar-refractivity contribution is 0.245. The van der Waals surface area contributed by atoms with Crippen molar-refractivity contribution in [2.75, 3.05) is 7.05 Å². The molecule has 0 unspecified atom stereocenters. The molecule has 0 fully saturated rings. The minimum absolute atomic E-state index is 0.309. The summed E-state index contributed by atoms with van der Waals surface area (Å²) in [4.78, 5) is 2.21. The van der Waals surface area contributed by atoms with Gasteiger partial charge in [-0.1, -0.05) is 28.9 Å². The quantitative estimate of drug-likeness (QED) is 0.832. The normalized spacial score (nSPS) is 12.9. The van der Waals surface area contributed by atoms with Gasteiger partial charge in [0.15, 0.2) is 0 Å². The third-order valence-electron chi connectivity index (χ3n) is 2.92. The second kappa shape index (κ2) is 5.34.